The summed E-state index contributed by atoms with van der Waals surface area (Å²) in [5.74, 6) is -0.565. The maximum absolute atomic E-state index is 13.5. The number of carbonyl (C=O) groups excluding carboxylic acids is 1. The Kier molecular flexibility index (Phi) is 5.53. The average molecular weight is 391 g/mol. The van der Waals surface area contributed by atoms with Crippen LogP contribution in [0.15, 0.2) is 60.8 Å². The Labute approximate surface area is 158 Å². The molecule has 0 unspecified atom stereocenters. The number of ether oxygens (including phenoxy) is 1. The molecule has 0 atom stereocenters. The number of halogens is 3. The number of nitrogens with one attached hydrogen (secondary N) is 1. The molecule has 9 heteroatoms. The third kappa shape index (κ3) is 4.61. The van der Waals surface area contributed by atoms with E-state index < -0.39 is 23.7 Å². The second-order valence-corrected chi connectivity index (χ2v) is 5.84. The van der Waals surface area contributed by atoms with Crippen molar-refractivity contribution in [3.63, 3.8) is 0 Å². The first kappa shape index (κ1) is 19.3. The number of hydrogen-bond donors (Lipinski definition) is 2. The molecule has 3 aromatic rings. The fraction of sp³-hybridized carbons (Fsp3) is 0.158. The third-order valence-electron chi connectivity index (χ3n) is 3.83. The molecular formula is C19H16F3N3O3. The molecule has 1 amide bonds. The number of para-hydroxylation sites is 1. The van der Waals surface area contributed by atoms with Crippen molar-refractivity contribution in [1.82, 2.24) is 15.1 Å². The first-order chi connectivity index (χ1) is 13.3. The van der Waals surface area contributed by atoms with Crippen LogP contribution in [-0.4, -0.2) is 27.5 Å². The van der Waals surface area contributed by atoms with Gasteiger partial charge in [-0.15, -0.1) is 0 Å². The van der Waals surface area contributed by atoms with E-state index in [-0.39, 0.29) is 18.0 Å². The Morgan fingerprint density at radius 1 is 1.11 bits per heavy atom. The fourth-order valence-corrected chi connectivity index (χ4v) is 2.54. The summed E-state index contributed by atoms with van der Waals surface area (Å²) in [5.41, 5.74) is -0.143. The molecule has 0 bridgehead atoms. The fourth-order valence-electron chi connectivity index (χ4n) is 2.54. The van der Waals surface area contributed by atoms with E-state index in [1.165, 1.54) is 24.3 Å². The summed E-state index contributed by atoms with van der Waals surface area (Å²) in [4.78, 5) is 11.9. The van der Waals surface area contributed by atoms with Gasteiger partial charge in [0.1, 0.15) is 5.75 Å². The molecule has 1 heterocycles. The van der Waals surface area contributed by atoms with Crippen LogP contribution in [-0.2, 0) is 12.6 Å². The quantitative estimate of drug-likeness (QED) is 0.691. The van der Waals surface area contributed by atoms with Gasteiger partial charge in [0.15, 0.2) is 11.4 Å². The molecule has 0 aliphatic rings. The molecule has 2 N–H and O–H groups in total. The first-order valence-corrected chi connectivity index (χ1v) is 8.29. The van der Waals surface area contributed by atoms with Crippen molar-refractivity contribution in [1.29, 1.82) is 0 Å². The second kappa shape index (κ2) is 8.03. The van der Waals surface area contributed by atoms with Gasteiger partial charge in [-0.3, -0.25) is 0 Å². The van der Waals surface area contributed by atoms with Crippen molar-refractivity contribution in [2.75, 3.05) is 6.54 Å². The number of alkyl halides is 3. The number of hydrogen-bond acceptors (Lipinski definition) is 4. The highest BCUT2D eigenvalue weighted by molar-refractivity contribution is 5.70. The van der Waals surface area contributed by atoms with Crippen LogP contribution in [0, 0.1) is 0 Å². The first-order valence-electron chi connectivity index (χ1n) is 8.29. The van der Waals surface area contributed by atoms with Gasteiger partial charge in [0.25, 0.3) is 0 Å². The van der Waals surface area contributed by atoms with E-state index in [9.17, 15) is 23.1 Å². The number of rotatable bonds is 5. The third-order valence-corrected chi connectivity index (χ3v) is 3.83. The summed E-state index contributed by atoms with van der Waals surface area (Å²) >= 11 is 0. The summed E-state index contributed by atoms with van der Waals surface area (Å²) in [6.07, 6.45) is -4.51. The number of amides is 1. The lowest BCUT2D eigenvalue weighted by Crippen LogP contribution is -2.29. The minimum Gasteiger partial charge on any atom is -0.508 e. The highest BCUT2D eigenvalue weighted by Crippen LogP contribution is 2.37. The Hall–Kier alpha value is -3.49. The summed E-state index contributed by atoms with van der Waals surface area (Å²) in [7, 11) is 0. The van der Waals surface area contributed by atoms with Crippen molar-refractivity contribution in [3.8, 4) is 17.2 Å². The molecule has 2 aromatic carbocycles. The molecule has 0 aliphatic heterocycles. The van der Waals surface area contributed by atoms with Crippen LogP contribution >= 0.6 is 0 Å². The van der Waals surface area contributed by atoms with Gasteiger partial charge < -0.3 is 15.2 Å². The second-order valence-electron chi connectivity index (χ2n) is 5.84. The highest BCUT2D eigenvalue weighted by Gasteiger charge is 2.40. The summed E-state index contributed by atoms with van der Waals surface area (Å²) in [6.45, 7) is 0.151. The van der Waals surface area contributed by atoms with E-state index in [0.29, 0.717) is 11.1 Å². The van der Waals surface area contributed by atoms with Gasteiger partial charge in [-0.25, -0.2) is 9.48 Å². The van der Waals surface area contributed by atoms with E-state index in [0.717, 1.165) is 11.8 Å². The number of carbonyl (C=O) groups is 1. The molecule has 0 spiro atoms. The highest BCUT2D eigenvalue weighted by atomic mass is 19.4. The lowest BCUT2D eigenvalue weighted by molar-refractivity contribution is -0.143. The normalized spacial score (nSPS) is 11.2. The van der Waals surface area contributed by atoms with E-state index in [2.05, 4.69) is 10.4 Å². The maximum Gasteiger partial charge on any atom is 0.437 e. The zero-order chi connectivity index (χ0) is 20.1. The number of phenols is 1. The standard InChI is InChI=1S/C19H16F3N3O3/c20-19(21,22)17-16(12-24-25(17)14-4-2-1-3-5-14)28-18(27)23-11-10-13-6-8-15(26)9-7-13/h1-9,12,26H,10-11H2,(H,23,27). The number of aromatic nitrogens is 2. The summed E-state index contributed by atoms with van der Waals surface area (Å²) < 4.78 is 46.0. The molecule has 28 heavy (non-hydrogen) atoms. The van der Waals surface area contributed by atoms with Crippen LogP contribution in [0.25, 0.3) is 5.69 Å². The van der Waals surface area contributed by atoms with Crippen molar-refractivity contribution in [2.45, 2.75) is 12.6 Å². The molecule has 3 rings (SSSR count). The molecule has 6 nitrogen and oxygen atoms in total. The maximum atomic E-state index is 13.5. The molecule has 0 radical (unpaired) electrons. The molecule has 0 fully saturated rings. The Morgan fingerprint density at radius 2 is 1.79 bits per heavy atom. The van der Waals surface area contributed by atoms with Gasteiger partial charge in [-0.05, 0) is 36.2 Å². The summed E-state index contributed by atoms with van der Waals surface area (Å²) in [6, 6.07) is 14.1. The van der Waals surface area contributed by atoms with Gasteiger partial charge in [0.2, 0.25) is 0 Å². The Morgan fingerprint density at radius 3 is 2.43 bits per heavy atom. The predicted octanol–water partition coefficient (Wildman–Crippen LogP) is 3.93. The molecule has 0 saturated carbocycles. The lowest BCUT2D eigenvalue weighted by atomic mass is 10.1. The van der Waals surface area contributed by atoms with E-state index in [1.807, 2.05) is 0 Å². The van der Waals surface area contributed by atoms with E-state index >= 15 is 0 Å². The number of nitrogens with zero attached hydrogens (tertiary/aromatic N) is 2. The number of aromatic hydroxyl groups is 1. The van der Waals surface area contributed by atoms with Crippen LogP contribution in [0.5, 0.6) is 11.5 Å². The van der Waals surface area contributed by atoms with Crippen molar-refractivity contribution in [2.24, 2.45) is 0 Å². The molecule has 146 valence electrons. The largest absolute Gasteiger partial charge is 0.508 e. The Bertz CT molecular complexity index is 939. The smallest absolute Gasteiger partial charge is 0.437 e. The number of phenolic OH excluding ortho intramolecular Hbond substituents is 1. The van der Waals surface area contributed by atoms with E-state index in [1.54, 1.807) is 30.3 Å². The van der Waals surface area contributed by atoms with Crippen LogP contribution in [0.3, 0.4) is 0 Å². The van der Waals surface area contributed by atoms with Gasteiger partial charge in [-0.2, -0.15) is 18.3 Å². The molecule has 0 saturated heterocycles. The lowest BCUT2D eigenvalue weighted by Gasteiger charge is -2.12. The SMILES string of the molecule is O=C(NCCc1ccc(O)cc1)Oc1cnn(-c2ccccc2)c1C(F)(F)F. The van der Waals surface area contributed by atoms with Crippen molar-refractivity contribution < 1.29 is 27.8 Å². The number of benzene rings is 2. The Balaban J connectivity index is 1.68. The van der Waals surface area contributed by atoms with Crippen LogP contribution in [0.1, 0.15) is 11.3 Å². The minimum atomic E-state index is -4.77. The molecule has 1 aromatic heterocycles. The zero-order valence-electron chi connectivity index (χ0n) is 14.5. The molecular weight excluding hydrogens is 375 g/mol. The average Bonchev–Trinajstić information content (AvgIpc) is 3.08. The van der Waals surface area contributed by atoms with Gasteiger partial charge in [-0.1, -0.05) is 30.3 Å². The monoisotopic (exact) mass is 391 g/mol. The van der Waals surface area contributed by atoms with Crippen LogP contribution < -0.4 is 10.1 Å². The van der Waals surface area contributed by atoms with Crippen LogP contribution in [0.4, 0.5) is 18.0 Å². The van der Waals surface area contributed by atoms with Gasteiger partial charge in [0, 0.05) is 6.54 Å². The topological polar surface area (TPSA) is 76.4 Å². The van der Waals surface area contributed by atoms with Crippen molar-refractivity contribution >= 4 is 6.09 Å². The molecule has 0 aliphatic carbocycles. The summed E-state index contributed by atoms with van der Waals surface area (Å²) in [5, 5.41) is 15.3. The van der Waals surface area contributed by atoms with E-state index in [4.69, 9.17) is 4.74 Å². The zero-order valence-corrected chi connectivity index (χ0v) is 14.5. The predicted molar refractivity (Wildman–Crippen MR) is 94.4 cm³/mol. The van der Waals surface area contributed by atoms with Crippen molar-refractivity contribution in [3.05, 3.63) is 72.1 Å². The minimum absolute atomic E-state index is 0.117. The van der Waals surface area contributed by atoms with Gasteiger partial charge in [0.05, 0.1) is 11.9 Å². The van der Waals surface area contributed by atoms with Gasteiger partial charge >= 0.3 is 12.3 Å². The van der Waals surface area contributed by atoms with Crippen LogP contribution in [0.2, 0.25) is 0 Å².